The van der Waals surface area contributed by atoms with Crippen LogP contribution in [0, 0.1) is 12.8 Å². The third-order valence-electron chi connectivity index (χ3n) is 2.74. The Bertz CT molecular complexity index is 293. The molecule has 0 aliphatic rings. The minimum absolute atomic E-state index is 0.740. The van der Waals surface area contributed by atoms with Crippen molar-refractivity contribution in [1.29, 1.82) is 0 Å². The minimum Gasteiger partial charge on any atom is -0.317 e. The van der Waals surface area contributed by atoms with Gasteiger partial charge in [0.05, 0.1) is 6.54 Å². The molecule has 0 saturated heterocycles. The number of nitrogens with one attached hydrogen (secondary N) is 1. The van der Waals surface area contributed by atoms with Gasteiger partial charge in [0.2, 0.25) is 0 Å². The van der Waals surface area contributed by atoms with Gasteiger partial charge in [-0.25, -0.2) is 0 Å². The predicted molar refractivity (Wildman–Crippen MR) is 61.5 cm³/mol. The molecule has 0 fully saturated rings. The molecule has 1 N–H and O–H groups in total. The SMILES string of the molecule is CCCC(C)CNCc1nnc(C)n1C. The van der Waals surface area contributed by atoms with Crippen LogP contribution < -0.4 is 5.32 Å². The summed E-state index contributed by atoms with van der Waals surface area (Å²) in [6.07, 6.45) is 2.54. The Hall–Kier alpha value is -0.900. The Labute approximate surface area is 92.1 Å². The fraction of sp³-hybridized carbons (Fsp3) is 0.818. The zero-order valence-corrected chi connectivity index (χ0v) is 10.2. The van der Waals surface area contributed by atoms with E-state index in [0.717, 1.165) is 30.7 Å². The van der Waals surface area contributed by atoms with Crippen LogP contribution in [0.15, 0.2) is 0 Å². The minimum atomic E-state index is 0.740. The number of hydrogen-bond donors (Lipinski definition) is 1. The summed E-state index contributed by atoms with van der Waals surface area (Å²) >= 11 is 0. The van der Waals surface area contributed by atoms with E-state index in [2.05, 4.69) is 29.4 Å². The first kappa shape index (κ1) is 12.2. The molecular formula is C11H22N4. The van der Waals surface area contributed by atoms with Crippen LogP contribution in [-0.2, 0) is 13.6 Å². The van der Waals surface area contributed by atoms with Gasteiger partial charge >= 0.3 is 0 Å². The van der Waals surface area contributed by atoms with Crippen LogP contribution in [0.1, 0.15) is 38.3 Å². The summed E-state index contributed by atoms with van der Waals surface area (Å²) in [5, 5.41) is 11.5. The van der Waals surface area contributed by atoms with Crippen LogP contribution in [0.25, 0.3) is 0 Å². The van der Waals surface area contributed by atoms with Crippen molar-refractivity contribution < 1.29 is 0 Å². The molecule has 0 aliphatic heterocycles. The molecule has 0 amide bonds. The van der Waals surface area contributed by atoms with Crippen LogP contribution in [0.5, 0.6) is 0 Å². The summed E-state index contributed by atoms with van der Waals surface area (Å²) in [7, 11) is 2.00. The largest absolute Gasteiger partial charge is 0.317 e. The van der Waals surface area contributed by atoms with E-state index >= 15 is 0 Å². The highest BCUT2D eigenvalue weighted by atomic mass is 15.3. The first-order chi connectivity index (χ1) is 7.15. The van der Waals surface area contributed by atoms with Crippen molar-refractivity contribution in [2.45, 2.75) is 40.2 Å². The maximum Gasteiger partial charge on any atom is 0.146 e. The van der Waals surface area contributed by atoms with Crippen molar-refractivity contribution in [3.63, 3.8) is 0 Å². The summed E-state index contributed by atoms with van der Waals surface area (Å²) < 4.78 is 2.03. The molecule has 1 rings (SSSR count). The first-order valence-corrected chi connectivity index (χ1v) is 5.70. The van der Waals surface area contributed by atoms with E-state index < -0.39 is 0 Å². The summed E-state index contributed by atoms with van der Waals surface area (Å²) in [5.74, 6) is 2.72. The smallest absolute Gasteiger partial charge is 0.146 e. The number of hydrogen-bond acceptors (Lipinski definition) is 3. The fourth-order valence-corrected chi connectivity index (χ4v) is 1.63. The molecule has 0 radical (unpaired) electrons. The molecule has 4 heteroatoms. The van der Waals surface area contributed by atoms with Gasteiger partial charge in [0.15, 0.2) is 0 Å². The Balaban J connectivity index is 2.29. The van der Waals surface area contributed by atoms with E-state index in [9.17, 15) is 0 Å². The summed E-state index contributed by atoms with van der Waals surface area (Å²) in [5.41, 5.74) is 0. The van der Waals surface area contributed by atoms with E-state index in [-0.39, 0.29) is 0 Å². The topological polar surface area (TPSA) is 42.7 Å². The predicted octanol–water partition coefficient (Wildman–Crippen LogP) is 1.65. The van der Waals surface area contributed by atoms with Crippen molar-refractivity contribution in [1.82, 2.24) is 20.1 Å². The van der Waals surface area contributed by atoms with E-state index in [1.54, 1.807) is 0 Å². The molecule has 1 aromatic heterocycles. The zero-order chi connectivity index (χ0) is 11.3. The molecule has 0 saturated carbocycles. The first-order valence-electron chi connectivity index (χ1n) is 5.70. The summed E-state index contributed by atoms with van der Waals surface area (Å²) in [4.78, 5) is 0. The molecule has 86 valence electrons. The van der Waals surface area contributed by atoms with Crippen LogP contribution in [0.2, 0.25) is 0 Å². The average Bonchev–Trinajstić information content (AvgIpc) is 2.50. The Morgan fingerprint density at radius 3 is 2.67 bits per heavy atom. The second-order valence-corrected chi connectivity index (χ2v) is 4.25. The lowest BCUT2D eigenvalue weighted by molar-refractivity contribution is 0.468. The van der Waals surface area contributed by atoms with Crippen LogP contribution in [0.3, 0.4) is 0 Å². The Morgan fingerprint density at radius 2 is 2.13 bits per heavy atom. The Morgan fingerprint density at radius 1 is 1.40 bits per heavy atom. The van der Waals surface area contributed by atoms with Crippen molar-refractivity contribution in [2.24, 2.45) is 13.0 Å². The third kappa shape index (κ3) is 3.63. The standard InChI is InChI=1S/C11H22N4/c1-5-6-9(2)7-12-8-11-14-13-10(3)15(11)4/h9,12H,5-8H2,1-4H3. The highest BCUT2D eigenvalue weighted by molar-refractivity contribution is 4.91. The van der Waals surface area contributed by atoms with Crippen LogP contribution >= 0.6 is 0 Å². The molecule has 1 unspecified atom stereocenters. The van der Waals surface area contributed by atoms with Gasteiger partial charge in [-0.1, -0.05) is 20.3 Å². The van der Waals surface area contributed by atoms with Crippen LogP contribution in [0.4, 0.5) is 0 Å². The van der Waals surface area contributed by atoms with Gasteiger partial charge in [-0.05, 0) is 25.8 Å². The maximum atomic E-state index is 4.11. The number of nitrogens with zero attached hydrogens (tertiary/aromatic N) is 3. The lowest BCUT2D eigenvalue weighted by atomic mass is 10.1. The van der Waals surface area contributed by atoms with E-state index in [1.165, 1.54) is 12.8 Å². The third-order valence-corrected chi connectivity index (χ3v) is 2.74. The molecule has 4 nitrogen and oxygen atoms in total. The van der Waals surface area contributed by atoms with Crippen molar-refractivity contribution in [3.8, 4) is 0 Å². The van der Waals surface area contributed by atoms with Gasteiger partial charge < -0.3 is 9.88 Å². The number of rotatable bonds is 6. The van der Waals surface area contributed by atoms with Crippen LogP contribution in [-0.4, -0.2) is 21.3 Å². The van der Waals surface area contributed by atoms with Crippen molar-refractivity contribution in [2.75, 3.05) is 6.54 Å². The average molecular weight is 210 g/mol. The second-order valence-electron chi connectivity index (χ2n) is 4.25. The van der Waals surface area contributed by atoms with Gasteiger partial charge in [0.25, 0.3) is 0 Å². The molecule has 0 aliphatic carbocycles. The fourth-order valence-electron chi connectivity index (χ4n) is 1.63. The van der Waals surface area contributed by atoms with E-state index in [0.29, 0.717) is 0 Å². The normalized spacial score (nSPS) is 13.1. The number of aryl methyl sites for hydroxylation is 1. The maximum absolute atomic E-state index is 4.11. The highest BCUT2D eigenvalue weighted by Gasteiger charge is 2.05. The quantitative estimate of drug-likeness (QED) is 0.776. The van der Waals surface area contributed by atoms with Gasteiger partial charge in [-0.15, -0.1) is 10.2 Å². The highest BCUT2D eigenvalue weighted by Crippen LogP contribution is 2.03. The molecule has 1 aromatic rings. The molecule has 0 aromatic carbocycles. The Kier molecular flexibility index (Phi) is 4.75. The second kappa shape index (κ2) is 5.85. The van der Waals surface area contributed by atoms with Gasteiger partial charge in [0, 0.05) is 7.05 Å². The van der Waals surface area contributed by atoms with Gasteiger partial charge in [0.1, 0.15) is 11.6 Å². The molecule has 1 heterocycles. The number of aromatic nitrogens is 3. The van der Waals surface area contributed by atoms with E-state index in [1.807, 2.05) is 18.5 Å². The molecule has 0 bridgehead atoms. The van der Waals surface area contributed by atoms with Crippen molar-refractivity contribution >= 4 is 0 Å². The molecule has 0 spiro atoms. The summed E-state index contributed by atoms with van der Waals surface area (Å²) in [6, 6.07) is 0. The monoisotopic (exact) mass is 210 g/mol. The lowest BCUT2D eigenvalue weighted by Crippen LogP contribution is -2.22. The lowest BCUT2D eigenvalue weighted by Gasteiger charge is -2.10. The molecule has 15 heavy (non-hydrogen) atoms. The molecular weight excluding hydrogens is 188 g/mol. The van der Waals surface area contributed by atoms with E-state index in [4.69, 9.17) is 0 Å². The molecule has 1 atom stereocenters. The van der Waals surface area contributed by atoms with Crippen molar-refractivity contribution in [3.05, 3.63) is 11.6 Å². The zero-order valence-electron chi connectivity index (χ0n) is 10.2. The summed E-state index contributed by atoms with van der Waals surface area (Å²) in [6.45, 7) is 8.34. The van der Waals surface area contributed by atoms with Gasteiger partial charge in [-0.3, -0.25) is 0 Å². The van der Waals surface area contributed by atoms with Gasteiger partial charge in [-0.2, -0.15) is 0 Å².